The molecule has 3 nitrogen and oxygen atoms in total. The van der Waals surface area contributed by atoms with Crippen molar-refractivity contribution in [3.8, 4) is 0 Å². The second-order valence-electron chi connectivity index (χ2n) is 4.05. The van der Waals surface area contributed by atoms with Gasteiger partial charge >= 0.3 is 0 Å². The highest BCUT2D eigenvalue weighted by atomic mass is 16.5. The highest BCUT2D eigenvalue weighted by Gasteiger charge is 2.49. The van der Waals surface area contributed by atoms with Gasteiger partial charge in [0.05, 0.1) is 0 Å². The molecule has 0 aromatic rings. The topological polar surface area (TPSA) is 43.4 Å². The third-order valence-corrected chi connectivity index (χ3v) is 3.08. The zero-order chi connectivity index (χ0) is 9.31. The number of ether oxygens (including phenoxy) is 1. The van der Waals surface area contributed by atoms with Gasteiger partial charge in [0.15, 0.2) is 11.4 Å². The predicted octanol–water partition coefficient (Wildman–Crippen LogP) is 1.45. The fourth-order valence-corrected chi connectivity index (χ4v) is 2.18. The molecule has 0 aromatic heterocycles. The van der Waals surface area contributed by atoms with Crippen LogP contribution in [0.4, 0.5) is 0 Å². The maximum absolute atomic E-state index is 11.8. The second-order valence-corrected chi connectivity index (χ2v) is 4.05. The first-order valence-electron chi connectivity index (χ1n) is 4.94. The Morgan fingerprint density at radius 2 is 1.92 bits per heavy atom. The van der Waals surface area contributed by atoms with Crippen LogP contribution in [0.15, 0.2) is 0 Å². The summed E-state index contributed by atoms with van der Waals surface area (Å²) in [4.78, 5) is 22.2. The van der Waals surface area contributed by atoms with Gasteiger partial charge in [-0.2, -0.15) is 0 Å². The van der Waals surface area contributed by atoms with Crippen molar-refractivity contribution < 1.29 is 14.3 Å². The molecule has 13 heavy (non-hydrogen) atoms. The van der Waals surface area contributed by atoms with Crippen molar-refractivity contribution in [2.75, 3.05) is 0 Å². The number of hydrogen-bond acceptors (Lipinski definition) is 3. The molecule has 2 aliphatic carbocycles. The monoisotopic (exact) mass is 182 g/mol. The number of Topliss-reactive ketones (excluding diaryl/α,β-unsaturated/α-hetero) is 1. The molecule has 2 saturated carbocycles. The average Bonchev–Trinajstić information content (AvgIpc) is 2.87. The van der Waals surface area contributed by atoms with E-state index in [0.29, 0.717) is 6.47 Å². The average molecular weight is 182 g/mol. The molecule has 0 saturated heterocycles. The number of carbonyl (C=O) groups is 2. The van der Waals surface area contributed by atoms with E-state index < -0.39 is 5.60 Å². The van der Waals surface area contributed by atoms with Crippen LogP contribution in [0.5, 0.6) is 0 Å². The van der Waals surface area contributed by atoms with E-state index in [2.05, 4.69) is 0 Å². The van der Waals surface area contributed by atoms with E-state index >= 15 is 0 Å². The molecule has 2 rings (SSSR count). The van der Waals surface area contributed by atoms with E-state index in [1.54, 1.807) is 0 Å². The van der Waals surface area contributed by atoms with Crippen molar-refractivity contribution >= 4 is 12.3 Å². The first kappa shape index (κ1) is 8.73. The molecule has 0 aliphatic heterocycles. The number of ketones is 1. The summed E-state index contributed by atoms with van der Waals surface area (Å²) in [5, 5.41) is 0. The smallest absolute Gasteiger partial charge is 0.294 e. The van der Waals surface area contributed by atoms with E-state index in [4.69, 9.17) is 4.74 Å². The summed E-state index contributed by atoms with van der Waals surface area (Å²) in [6, 6.07) is 0. The molecular weight excluding hydrogens is 168 g/mol. The van der Waals surface area contributed by atoms with Gasteiger partial charge in [0.1, 0.15) is 0 Å². The quantitative estimate of drug-likeness (QED) is 0.618. The summed E-state index contributed by atoms with van der Waals surface area (Å²) >= 11 is 0. The first-order chi connectivity index (χ1) is 6.28. The molecule has 0 heterocycles. The van der Waals surface area contributed by atoms with Gasteiger partial charge in [-0.15, -0.1) is 0 Å². The number of rotatable bonds is 4. The van der Waals surface area contributed by atoms with E-state index in [0.717, 1.165) is 38.5 Å². The molecule has 0 spiro atoms. The summed E-state index contributed by atoms with van der Waals surface area (Å²) in [7, 11) is 0. The van der Waals surface area contributed by atoms with E-state index in [9.17, 15) is 9.59 Å². The summed E-state index contributed by atoms with van der Waals surface area (Å²) < 4.78 is 5.02. The third-order valence-electron chi connectivity index (χ3n) is 3.08. The van der Waals surface area contributed by atoms with Gasteiger partial charge in [-0.1, -0.05) is 0 Å². The Labute approximate surface area is 77.4 Å². The first-order valence-corrected chi connectivity index (χ1v) is 4.94. The molecule has 0 unspecified atom stereocenters. The Balaban J connectivity index is 2.10. The molecule has 72 valence electrons. The van der Waals surface area contributed by atoms with Crippen LogP contribution >= 0.6 is 0 Å². The Kier molecular flexibility index (Phi) is 2.10. The second kappa shape index (κ2) is 3.13. The lowest BCUT2D eigenvalue weighted by Gasteiger charge is -2.24. The van der Waals surface area contributed by atoms with E-state index in [1.807, 2.05) is 0 Å². The van der Waals surface area contributed by atoms with Crippen molar-refractivity contribution in [2.24, 2.45) is 5.92 Å². The fraction of sp³-hybridized carbons (Fsp3) is 0.800. The van der Waals surface area contributed by atoms with Gasteiger partial charge in [0.25, 0.3) is 6.47 Å². The number of carbonyl (C=O) groups excluding carboxylic acids is 2. The Morgan fingerprint density at radius 3 is 2.38 bits per heavy atom. The van der Waals surface area contributed by atoms with Crippen molar-refractivity contribution in [3.05, 3.63) is 0 Å². The summed E-state index contributed by atoms with van der Waals surface area (Å²) in [6.45, 7) is 0.436. The number of hydrogen-bond donors (Lipinski definition) is 0. The lowest BCUT2D eigenvalue weighted by molar-refractivity contribution is -0.156. The lowest BCUT2D eigenvalue weighted by Crippen LogP contribution is -2.39. The Hall–Kier alpha value is -0.860. The summed E-state index contributed by atoms with van der Waals surface area (Å²) in [5.74, 6) is 0.371. The van der Waals surface area contributed by atoms with Crippen LogP contribution in [0.1, 0.15) is 38.5 Å². The summed E-state index contributed by atoms with van der Waals surface area (Å²) in [5.41, 5.74) is -0.719. The van der Waals surface area contributed by atoms with Crippen LogP contribution in [-0.4, -0.2) is 17.9 Å². The molecule has 2 fully saturated rings. The standard InChI is InChI=1S/C10H14O3/c11-7-13-10(5-1-2-6-10)9(12)8-3-4-8/h7-8H,1-6H2. The van der Waals surface area contributed by atoms with Gasteiger partial charge in [0, 0.05) is 5.92 Å². The van der Waals surface area contributed by atoms with Gasteiger partial charge in [0.2, 0.25) is 0 Å². The Morgan fingerprint density at radius 1 is 1.31 bits per heavy atom. The van der Waals surface area contributed by atoms with Crippen LogP contribution in [0.25, 0.3) is 0 Å². The molecule has 2 aliphatic rings. The van der Waals surface area contributed by atoms with Crippen LogP contribution < -0.4 is 0 Å². The van der Waals surface area contributed by atoms with E-state index in [-0.39, 0.29) is 11.7 Å². The molecule has 0 bridgehead atoms. The van der Waals surface area contributed by atoms with Crippen molar-refractivity contribution in [1.82, 2.24) is 0 Å². The normalized spacial score (nSPS) is 25.5. The maximum atomic E-state index is 11.8. The maximum Gasteiger partial charge on any atom is 0.294 e. The van der Waals surface area contributed by atoms with Crippen molar-refractivity contribution in [1.29, 1.82) is 0 Å². The molecular formula is C10H14O3. The SMILES string of the molecule is O=COC1(C(=O)C2CC2)CCCC1. The minimum absolute atomic E-state index is 0.178. The van der Waals surface area contributed by atoms with E-state index in [1.165, 1.54) is 0 Å². The molecule has 3 heteroatoms. The Bertz CT molecular complexity index is 224. The van der Waals surface area contributed by atoms with Gasteiger partial charge in [-0.25, -0.2) is 0 Å². The minimum atomic E-state index is -0.719. The molecule has 0 radical (unpaired) electrons. The highest BCUT2D eigenvalue weighted by Crippen LogP contribution is 2.42. The molecule has 0 aromatic carbocycles. The zero-order valence-electron chi connectivity index (χ0n) is 7.62. The molecule has 0 amide bonds. The molecule has 0 atom stereocenters. The summed E-state index contributed by atoms with van der Waals surface area (Å²) in [6.07, 6.45) is 5.46. The van der Waals surface area contributed by atoms with Crippen LogP contribution in [0.3, 0.4) is 0 Å². The van der Waals surface area contributed by atoms with Gasteiger partial charge < -0.3 is 4.74 Å². The lowest BCUT2D eigenvalue weighted by atomic mass is 9.93. The van der Waals surface area contributed by atoms with Gasteiger partial charge in [-0.3, -0.25) is 9.59 Å². The highest BCUT2D eigenvalue weighted by molar-refractivity contribution is 5.92. The third kappa shape index (κ3) is 1.47. The van der Waals surface area contributed by atoms with Crippen molar-refractivity contribution in [3.63, 3.8) is 0 Å². The predicted molar refractivity (Wildman–Crippen MR) is 46.1 cm³/mol. The van der Waals surface area contributed by atoms with Crippen LogP contribution in [-0.2, 0) is 14.3 Å². The van der Waals surface area contributed by atoms with Crippen LogP contribution in [0, 0.1) is 5.92 Å². The fourth-order valence-electron chi connectivity index (χ4n) is 2.18. The largest absolute Gasteiger partial charge is 0.453 e. The van der Waals surface area contributed by atoms with Crippen molar-refractivity contribution in [2.45, 2.75) is 44.1 Å². The van der Waals surface area contributed by atoms with Crippen LogP contribution in [0.2, 0.25) is 0 Å². The van der Waals surface area contributed by atoms with Gasteiger partial charge in [-0.05, 0) is 38.5 Å². The molecule has 0 N–H and O–H groups in total. The minimum Gasteiger partial charge on any atom is -0.453 e. The zero-order valence-corrected chi connectivity index (χ0v) is 7.62.